The molecule has 11 nitrogen and oxygen atoms in total. The number of aromatic nitrogens is 3. The van der Waals surface area contributed by atoms with Gasteiger partial charge >= 0.3 is 11.9 Å². The standard InChI is InChI=1S/C21H27N5O6/c1-4-25-11-16(19(29)30)17(28)15-9-22-21(23-18(15)25)26-7-5-24(6-8-26)10-14(27)12-32-20(31)13(2)3/h9,11,14,27H,2,4-8,10,12H2,1,3H3,(H,29,30). The van der Waals surface area contributed by atoms with Crippen molar-refractivity contribution in [3.05, 3.63) is 40.3 Å². The van der Waals surface area contributed by atoms with Crippen molar-refractivity contribution in [1.82, 2.24) is 19.4 Å². The number of esters is 1. The summed E-state index contributed by atoms with van der Waals surface area (Å²) < 4.78 is 6.61. The second-order valence-corrected chi connectivity index (χ2v) is 7.69. The lowest BCUT2D eigenvalue weighted by Gasteiger charge is -2.35. The van der Waals surface area contributed by atoms with Gasteiger partial charge in [-0.15, -0.1) is 0 Å². The van der Waals surface area contributed by atoms with E-state index in [1.54, 1.807) is 11.5 Å². The Bertz CT molecular complexity index is 1090. The van der Waals surface area contributed by atoms with Crippen LogP contribution in [0.25, 0.3) is 11.0 Å². The number of aliphatic hydroxyl groups excluding tert-OH is 1. The molecule has 0 saturated carbocycles. The summed E-state index contributed by atoms with van der Waals surface area (Å²) in [7, 11) is 0. The molecule has 1 fully saturated rings. The lowest BCUT2D eigenvalue weighted by molar-refractivity contribution is -0.142. The minimum absolute atomic E-state index is 0.0907. The fraction of sp³-hybridized carbons (Fsp3) is 0.476. The van der Waals surface area contributed by atoms with Crippen LogP contribution in [0.1, 0.15) is 24.2 Å². The summed E-state index contributed by atoms with van der Waals surface area (Å²) in [4.78, 5) is 48.1. The number of hydrogen-bond donors (Lipinski definition) is 2. The number of carbonyl (C=O) groups excluding carboxylic acids is 1. The lowest BCUT2D eigenvalue weighted by Crippen LogP contribution is -2.49. The van der Waals surface area contributed by atoms with Crippen LogP contribution in [0.4, 0.5) is 5.95 Å². The molecule has 2 N–H and O–H groups in total. The fourth-order valence-corrected chi connectivity index (χ4v) is 3.49. The molecule has 11 heteroatoms. The van der Waals surface area contributed by atoms with Crippen LogP contribution in [0.2, 0.25) is 0 Å². The van der Waals surface area contributed by atoms with Crippen molar-refractivity contribution in [3.8, 4) is 0 Å². The first-order valence-corrected chi connectivity index (χ1v) is 10.3. The topological polar surface area (TPSA) is 138 Å². The minimum Gasteiger partial charge on any atom is -0.477 e. The highest BCUT2D eigenvalue weighted by molar-refractivity contribution is 5.91. The Morgan fingerprint density at radius 2 is 1.97 bits per heavy atom. The van der Waals surface area contributed by atoms with E-state index in [1.807, 2.05) is 11.8 Å². The molecule has 1 atom stereocenters. The second-order valence-electron chi connectivity index (χ2n) is 7.69. The van der Waals surface area contributed by atoms with Crippen molar-refractivity contribution >= 4 is 28.9 Å². The van der Waals surface area contributed by atoms with E-state index < -0.39 is 23.5 Å². The highest BCUT2D eigenvalue weighted by Crippen LogP contribution is 2.16. The third-order valence-electron chi connectivity index (χ3n) is 5.25. The lowest BCUT2D eigenvalue weighted by atomic mass is 10.2. The van der Waals surface area contributed by atoms with Gasteiger partial charge in [-0.05, 0) is 13.8 Å². The van der Waals surface area contributed by atoms with Gasteiger partial charge < -0.3 is 24.4 Å². The van der Waals surface area contributed by atoms with E-state index in [0.717, 1.165) is 0 Å². The van der Waals surface area contributed by atoms with Gasteiger partial charge in [-0.2, -0.15) is 4.98 Å². The molecule has 3 heterocycles. The van der Waals surface area contributed by atoms with E-state index in [9.17, 15) is 24.6 Å². The Labute approximate surface area is 184 Å². The summed E-state index contributed by atoms with van der Waals surface area (Å²) in [6.07, 6.45) is 1.89. The molecule has 2 aromatic rings. The number of piperazine rings is 1. The molecular formula is C21H27N5O6. The Morgan fingerprint density at radius 3 is 2.56 bits per heavy atom. The normalized spacial score (nSPS) is 15.5. The summed E-state index contributed by atoms with van der Waals surface area (Å²) in [5.41, 5.74) is -0.231. The molecule has 1 saturated heterocycles. The van der Waals surface area contributed by atoms with Gasteiger partial charge in [-0.25, -0.2) is 14.6 Å². The smallest absolute Gasteiger partial charge is 0.341 e. The predicted octanol–water partition coefficient (Wildman–Crippen LogP) is 0.112. The number of β-amino-alcohol motifs (C(OH)–C–C–N with tert-alkyl or cyclic N) is 1. The van der Waals surface area contributed by atoms with Gasteiger partial charge in [0.1, 0.15) is 23.9 Å². The van der Waals surface area contributed by atoms with E-state index in [2.05, 4.69) is 21.4 Å². The molecule has 1 aliphatic heterocycles. The SMILES string of the molecule is C=C(C)C(=O)OCC(O)CN1CCN(c2ncc3c(=O)c(C(=O)O)cn(CC)c3n2)CC1. The van der Waals surface area contributed by atoms with Gasteiger partial charge in [0.05, 0.1) is 5.39 Å². The molecule has 1 unspecified atom stereocenters. The summed E-state index contributed by atoms with van der Waals surface area (Å²) in [5.74, 6) is -1.35. The molecule has 0 radical (unpaired) electrons. The zero-order valence-electron chi connectivity index (χ0n) is 18.2. The first-order chi connectivity index (χ1) is 15.2. The maximum absolute atomic E-state index is 12.4. The fourth-order valence-electron chi connectivity index (χ4n) is 3.49. The zero-order chi connectivity index (χ0) is 23.4. The Balaban J connectivity index is 1.66. The van der Waals surface area contributed by atoms with E-state index in [0.29, 0.717) is 50.9 Å². The van der Waals surface area contributed by atoms with Gasteiger partial charge in [0.2, 0.25) is 11.4 Å². The molecule has 0 bridgehead atoms. The van der Waals surface area contributed by atoms with E-state index in [4.69, 9.17) is 4.74 Å². The number of aliphatic hydroxyl groups is 1. The molecule has 0 aromatic carbocycles. The number of nitrogens with zero attached hydrogens (tertiary/aromatic N) is 5. The number of fused-ring (bicyclic) bond motifs is 1. The number of aromatic carboxylic acids is 1. The van der Waals surface area contributed by atoms with E-state index in [-0.39, 0.29) is 23.1 Å². The highest BCUT2D eigenvalue weighted by Gasteiger charge is 2.23. The van der Waals surface area contributed by atoms with Crippen LogP contribution in [0.5, 0.6) is 0 Å². The van der Waals surface area contributed by atoms with Crippen molar-refractivity contribution in [1.29, 1.82) is 0 Å². The predicted molar refractivity (Wildman–Crippen MR) is 117 cm³/mol. The summed E-state index contributed by atoms with van der Waals surface area (Å²) in [6, 6.07) is 0. The first-order valence-electron chi connectivity index (χ1n) is 10.3. The number of aryl methyl sites for hydroxylation is 1. The third kappa shape index (κ3) is 5.11. The molecular weight excluding hydrogens is 418 g/mol. The molecule has 2 aromatic heterocycles. The maximum atomic E-state index is 12.4. The average molecular weight is 445 g/mol. The van der Waals surface area contributed by atoms with Crippen molar-refractivity contribution in [2.45, 2.75) is 26.5 Å². The van der Waals surface area contributed by atoms with Crippen molar-refractivity contribution in [2.24, 2.45) is 0 Å². The van der Waals surface area contributed by atoms with Gasteiger partial charge in [0, 0.05) is 57.2 Å². The summed E-state index contributed by atoms with van der Waals surface area (Å²) in [5, 5.41) is 19.5. The van der Waals surface area contributed by atoms with Crippen LogP contribution in [0, 0.1) is 0 Å². The maximum Gasteiger partial charge on any atom is 0.341 e. The van der Waals surface area contributed by atoms with Crippen LogP contribution in [0.3, 0.4) is 0 Å². The van der Waals surface area contributed by atoms with Gasteiger partial charge in [0.15, 0.2) is 0 Å². The molecule has 0 amide bonds. The second kappa shape index (κ2) is 9.88. The quantitative estimate of drug-likeness (QED) is 0.425. The molecule has 172 valence electrons. The summed E-state index contributed by atoms with van der Waals surface area (Å²) in [6.45, 7) is 10.1. The molecule has 0 aliphatic carbocycles. The first kappa shape index (κ1) is 23.4. The molecule has 32 heavy (non-hydrogen) atoms. The van der Waals surface area contributed by atoms with E-state index in [1.165, 1.54) is 12.4 Å². The van der Waals surface area contributed by atoms with Crippen LogP contribution < -0.4 is 10.3 Å². The molecule has 0 spiro atoms. The highest BCUT2D eigenvalue weighted by atomic mass is 16.5. The number of ether oxygens (including phenoxy) is 1. The molecule has 1 aliphatic rings. The Kier molecular flexibility index (Phi) is 7.21. The van der Waals surface area contributed by atoms with Crippen molar-refractivity contribution < 1.29 is 24.5 Å². The van der Waals surface area contributed by atoms with Crippen LogP contribution in [-0.2, 0) is 16.1 Å². The third-order valence-corrected chi connectivity index (χ3v) is 5.25. The number of pyridine rings is 1. The largest absolute Gasteiger partial charge is 0.477 e. The summed E-state index contributed by atoms with van der Waals surface area (Å²) >= 11 is 0. The van der Waals surface area contributed by atoms with Crippen LogP contribution >= 0.6 is 0 Å². The molecule has 3 rings (SSSR count). The van der Waals surface area contributed by atoms with Crippen LogP contribution in [0.15, 0.2) is 29.3 Å². The number of anilines is 1. The number of rotatable bonds is 8. The van der Waals surface area contributed by atoms with Crippen molar-refractivity contribution in [3.63, 3.8) is 0 Å². The number of carboxylic acids is 1. The number of hydrogen-bond acceptors (Lipinski definition) is 9. The number of carboxylic acid groups (broad SMARTS) is 1. The van der Waals surface area contributed by atoms with E-state index >= 15 is 0 Å². The zero-order valence-corrected chi connectivity index (χ0v) is 18.2. The van der Waals surface area contributed by atoms with Gasteiger partial charge in [0.25, 0.3) is 0 Å². The monoisotopic (exact) mass is 445 g/mol. The van der Waals surface area contributed by atoms with Crippen molar-refractivity contribution in [2.75, 3.05) is 44.2 Å². The Morgan fingerprint density at radius 1 is 1.28 bits per heavy atom. The minimum atomic E-state index is -1.28. The Hall–Kier alpha value is -3.31. The van der Waals surface area contributed by atoms with Gasteiger partial charge in [-0.1, -0.05) is 6.58 Å². The van der Waals surface area contributed by atoms with Gasteiger partial charge in [-0.3, -0.25) is 9.69 Å². The number of carbonyl (C=O) groups is 2. The van der Waals surface area contributed by atoms with Crippen LogP contribution in [-0.4, -0.2) is 87.0 Å². The average Bonchev–Trinajstić information content (AvgIpc) is 2.77.